The highest BCUT2D eigenvalue weighted by Crippen LogP contribution is 2.38. The van der Waals surface area contributed by atoms with E-state index in [9.17, 15) is 18.3 Å². The van der Waals surface area contributed by atoms with Crippen molar-refractivity contribution in [1.29, 1.82) is 5.41 Å². The Kier molecular flexibility index (Phi) is 8.09. The highest BCUT2D eigenvalue weighted by Gasteiger charge is 2.33. The molecule has 0 bridgehead atoms. The van der Waals surface area contributed by atoms with Crippen molar-refractivity contribution in [3.05, 3.63) is 94.1 Å². The number of benzene rings is 2. The minimum absolute atomic E-state index is 0.0609. The Morgan fingerprint density at radius 1 is 1.09 bits per heavy atom. The lowest BCUT2D eigenvalue weighted by molar-refractivity contribution is -0.138. The number of rotatable bonds is 7. The molecule has 226 valence electrons. The van der Waals surface area contributed by atoms with Gasteiger partial charge >= 0.3 is 6.18 Å². The number of aryl methyl sites for hydroxylation is 2. The maximum absolute atomic E-state index is 15.1. The zero-order chi connectivity index (χ0) is 31.1. The standard InChI is InChI=1S/C33H35F4N5O/c1-5-19-8-7-9-20(6-2)28(19)41-29(22-10-11-25(32(3,4)43)30-23(22)12-14-39-30)24-18-42(15-13-27(24)38)31-26(34)16-21(17-40-31)33(35,36)37/h7-12,14,16-17,38-39,41,43H,5-6,13,15,18H2,1-4H3/b29-24-,38-27?. The summed E-state index contributed by atoms with van der Waals surface area (Å²) in [7, 11) is 0. The van der Waals surface area contributed by atoms with Crippen molar-refractivity contribution in [2.24, 2.45) is 0 Å². The number of aliphatic hydroxyl groups is 1. The van der Waals surface area contributed by atoms with Crippen LogP contribution < -0.4 is 10.2 Å². The van der Waals surface area contributed by atoms with Crippen LogP contribution in [0.15, 0.2) is 60.4 Å². The van der Waals surface area contributed by atoms with Crippen molar-refractivity contribution >= 4 is 33.8 Å². The molecule has 0 radical (unpaired) electrons. The summed E-state index contributed by atoms with van der Waals surface area (Å²) in [6, 6.07) is 12.2. The Labute approximate surface area is 248 Å². The number of aromatic amines is 1. The van der Waals surface area contributed by atoms with Gasteiger partial charge in [0.25, 0.3) is 0 Å². The fourth-order valence-corrected chi connectivity index (χ4v) is 5.71. The Balaban J connectivity index is 1.71. The maximum atomic E-state index is 15.1. The van der Waals surface area contributed by atoms with Gasteiger partial charge in [-0.15, -0.1) is 0 Å². The van der Waals surface area contributed by atoms with Crippen LogP contribution >= 0.6 is 0 Å². The van der Waals surface area contributed by atoms with Crippen molar-refractivity contribution in [2.45, 2.75) is 58.7 Å². The lowest BCUT2D eigenvalue weighted by atomic mass is 9.90. The molecule has 10 heteroatoms. The molecule has 2 aromatic heterocycles. The quantitative estimate of drug-likeness (QED) is 0.165. The van der Waals surface area contributed by atoms with Gasteiger partial charge in [-0.25, -0.2) is 9.37 Å². The van der Waals surface area contributed by atoms with E-state index < -0.39 is 23.2 Å². The number of hydrogen-bond donors (Lipinski definition) is 4. The molecule has 5 rings (SSSR count). The van der Waals surface area contributed by atoms with Gasteiger partial charge in [0.15, 0.2) is 11.6 Å². The number of nitrogens with one attached hydrogen (secondary N) is 3. The molecule has 43 heavy (non-hydrogen) atoms. The zero-order valence-electron chi connectivity index (χ0n) is 24.6. The average molecular weight is 594 g/mol. The van der Waals surface area contributed by atoms with E-state index in [1.807, 2.05) is 36.4 Å². The Morgan fingerprint density at radius 2 is 1.79 bits per heavy atom. The van der Waals surface area contributed by atoms with Crippen LogP contribution in [0.1, 0.15) is 61.9 Å². The molecule has 0 atom stereocenters. The lowest BCUT2D eigenvalue weighted by Crippen LogP contribution is -2.38. The molecule has 0 spiro atoms. The molecule has 6 nitrogen and oxygen atoms in total. The van der Waals surface area contributed by atoms with Crippen molar-refractivity contribution in [3.8, 4) is 0 Å². The smallest absolute Gasteiger partial charge is 0.386 e. The first-order valence-electron chi connectivity index (χ1n) is 14.3. The summed E-state index contributed by atoms with van der Waals surface area (Å²) in [4.78, 5) is 8.69. The van der Waals surface area contributed by atoms with Crippen LogP contribution in [-0.4, -0.2) is 33.9 Å². The molecule has 1 aliphatic heterocycles. The van der Waals surface area contributed by atoms with Gasteiger partial charge in [-0.05, 0) is 49.9 Å². The molecule has 4 N–H and O–H groups in total. The molecule has 2 aromatic carbocycles. The van der Waals surface area contributed by atoms with E-state index in [0.29, 0.717) is 34.8 Å². The predicted octanol–water partition coefficient (Wildman–Crippen LogP) is 7.83. The van der Waals surface area contributed by atoms with Crippen LogP contribution in [0.2, 0.25) is 0 Å². The molecule has 0 amide bonds. The first kappa shape index (κ1) is 30.3. The lowest BCUT2D eigenvalue weighted by Gasteiger charge is -2.33. The molecule has 3 heterocycles. The molecular weight excluding hydrogens is 558 g/mol. The van der Waals surface area contributed by atoms with Crippen LogP contribution in [0.3, 0.4) is 0 Å². The second-order valence-corrected chi connectivity index (χ2v) is 11.3. The summed E-state index contributed by atoms with van der Waals surface area (Å²) in [5.41, 5.74) is 4.63. The Bertz CT molecular complexity index is 1690. The van der Waals surface area contributed by atoms with E-state index in [2.05, 4.69) is 29.1 Å². The van der Waals surface area contributed by atoms with E-state index >= 15 is 4.39 Å². The molecule has 1 aliphatic rings. The van der Waals surface area contributed by atoms with Crippen molar-refractivity contribution < 1.29 is 22.7 Å². The second-order valence-electron chi connectivity index (χ2n) is 11.3. The summed E-state index contributed by atoms with van der Waals surface area (Å²) in [5.74, 6) is -1.26. The van der Waals surface area contributed by atoms with Crippen molar-refractivity contribution in [3.63, 3.8) is 0 Å². The second kappa shape index (κ2) is 11.5. The fraction of sp³-hybridized carbons (Fsp3) is 0.333. The monoisotopic (exact) mass is 593 g/mol. The fourth-order valence-electron chi connectivity index (χ4n) is 5.71. The number of hydrogen-bond acceptors (Lipinski definition) is 5. The number of aromatic nitrogens is 2. The molecule has 0 saturated carbocycles. The third-order valence-corrected chi connectivity index (χ3v) is 8.00. The van der Waals surface area contributed by atoms with Crippen LogP contribution in [0.25, 0.3) is 16.6 Å². The van der Waals surface area contributed by atoms with Gasteiger partial charge in [-0.3, -0.25) is 0 Å². The Hall–Kier alpha value is -4.18. The number of H-pyrrole nitrogens is 1. The van der Waals surface area contributed by atoms with Gasteiger partial charge in [-0.1, -0.05) is 44.2 Å². The SMILES string of the molecule is CCc1cccc(CC)c1N/C(=C1/CN(c2ncc(C(F)(F)F)cc2F)CCC1=N)c1ccc(C(C)(C)O)c2[nH]ccc12. The van der Waals surface area contributed by atoms with Gasteiger partial charge in [0.05, 0.1) is 22.4 Å². The van der Waals surface area contributed by atoms with Crippen LogP contribution in [0.5, 0.6) is 0 Å². The third-order valence-electron chi connectivity index (χ3n) is 8.00. The van der Waals surface area contributed by atoms with Gasteiger partial charge < -0.3 is 25.7 Å². The normalized spacial score (nSPS) is 15.7. The highest BCUT2D eigenvalue weighted by atomic mass is 19.4. The van der Waals surface area contributed by atoms with Gasteiger partial charge in [0.1, 0.15) is 0 Å². The number of para-hydroxylation sites is 1. The van der Waals surface area contributed by atoms with E-state index in [0.717, 1.165) is 46.1 Å². The summed E-state index contributed by atoms with van der Waals surface area (Å²) in [6.07, 6.45) is -0.496. The first-order chi connectivity index (χ1) is 20.3. The van der Waals surface area contributed by atoms with E-state index in [1.54, 1.807) is 24.9 Å². The van der Waals surface area contributed by atoms with Crippen LogP contribution in [-0.2, 0) is 24.6 Å². The van der Waals surface area contributed by atoms with Crippen molar-refractivity contribution in [2.75, 3.05) is 23.3 Å². The summed E-state index contributed by atoms with van der Waals surface area (Å²) in [6.45, 7) is 7.85. The zero-order valence-corrected chi connectivity index (χ0v) is 24.6. The minimum Gasteiger partial charge on any atom is -0.386 e. The Morgan fingerprint density at radius 3 is 2.40 bits per heavy atom. The van der Waals surface area contributed by atoms with E-state index in [4.69, 9.17) is 5.41 Å². The highest BCUT2D eigenvalue weighted by molar-refractivity contribution is 6.11. The summed E-state index contributed by atoms with van der Waals surface area (Å²) < 4.78 is 54.7. The molecular formula is C33H35F4N5O. The largest absolute Gasteiger partial charge is 0.417 e. The number of pyridine rings is 1. The molecule has 4 aromatic rings. The molecule has 1 fully saturated rings. The van der Waals surface area contributed by atoms with Gasteiger partial charge in [-0.2, -0.15) is 13.2 Å². The van der Waals surface area contributed by atoms with Crippen LogP contribution in [0.4, 0.5) is 29.1 Å². The molecule has 0 aliphatic carbocycles. The number of anilines is 2. The number of piperidine rings is 1. The first-order valence-corrected chi connectivity index (χ1v) is 14.3. The number of halogens is 4. The number of nitrogens with zero attached hydrogens (tertiary/aromatic N) is 2. The van der Waals surface area contributed by atoms with Crippen LogP contribution in [0, 0.1) is 11.2 Å². The van der Waals surface area contributed by atoms with E-state index in [1.165, 1.54) is 0 Å². The average Bonchev–Trinajstić information content (AvgIpc) is 3.45. The third kappa shape index (κ3) is 5.88. The van der Waals surface area contributed by atoms with Gasteiger partial charge in [0, 0.05) is 65.4 Å². The summed E-state index contributed by atoms with van der Waals surface area (Å²) in [5, 5.41) is 24.3. The van der Waals surface area contributed by atoms with Crippen molar-refractivity contribution in [1.82, 2.24) is 9.97 Å². The topological polar surface area (TPSA) is 88.0 Å². The minimum atomic E-state index is -4.71. The predicted molar refractivity (Wildman–Crippen MR) is 163 cm³/mol. The maximum Gasteiger partial charge on any atom is 0.417 e. The summed E-state index contributed by atoms with van der Waals surface area (Å²) >= 11 is 0. The van der Waals surface area contributed by atoms with Gasteiger partial charge in [0.2, 0.25) is 0 Å². The number of alkyl halides is 3. The molecule has 1 saturated heterocycles. The number of fused-ring (bicyclic) bond motifs is 1. The van der Waals surface area contributed by atoms with E-state index in [-0.39, 0.29) is 25.3 Å². The molecule has 0 unspecified atom stereocenters.